The number of hydrogen-bond acceptors (Lipinski definition) is 5. The van der Waals surface area contributed by atoms with Gasteiger partial charge in [-0.15, -0.1) is 0 Å². The second-order valence-electron chi connectivity index (χ2n) is 7.08. The average Bonchev–Trinajstić information content (AvgIpc) is 3.36. The Hall–Kier alpha value is -3.19. The monoisotopic (exact) mass is 375 g/mol. The van der Waals surface area contributed by atoms with Gasteiger partial charge in [-0.1, -0.05) is 12.1 Å². The predicted molar refractivity (Wildman–Crippen MR) is 108 cm³/mol. The maximum Gasteiger partial charge on any atom is 0.266 e. The summed E-state index contributed by atoms with van der Waals surface area (Å²) in [6.45, 7) is 3.81. The molecule has 1 aliphatic rings. The highest BCUT2D eigenvalue weighted by molar-refractivity contribution is 5.84. The second-order valence-corrected chi connectivity index (χ2v) is 7.08. The third-order valence-corrected chi connectivity index (χ3v) is 5.18. The zero-order valence-electron chi connectivity index (χ0n) is 15.5. The van der Waals surface area contributed by atoms with Crippen molar-refractivity contribution in [2.75, 3.05) is 26.2 Å². The fourth-order valence-electron chi connectivity index (χ4n) is 3.76. The van der Waals surface area contributed by atoms with Crippen LogP contribution in [0.25, 0.3) is 33.5 Å². The SMILES string of the molecule is O=c1cnc2cc(-c3nc4ccccc4n3OCCN3CCCC3)ccc2[nH]1. The first-order valence-corrected chi connectivity index (χ1v) is 9.60. The molecule has 2 aromatic heterocycles. The molecule has 0 bridgehead atoms. The Morgan fingerprint density at radius 1 is 1.07 bits per heavy atom. The van der Waals surface area contributed by atoms with Crippen molar-refractivity contribution in [1.29, 1.82) is 0 Å². The molecule has 0 radical (unpaired) electrons. The summed E-state index contributed by atoms with van der Waals surface area (Å²) < 4.78 is 1.82. The lowest BCUT2D eigenvalue weighted by Crippen LogP contribution is -2.28. The topological polar surface area (TPSA) is 76.0 Å². The second kappa shape index (κ2) is 7.09. The van der Waals surface area contributed by atoms with Crippen LogP contribution in [0.15, 0.2) is 53.5 Å². The van der Waals surface area contributed by atoms with Crippen LogP contribution in [0.1, 0.15) is 12.8 Å². The first-order chi connectivity index (χ1) is 13.8. The highest BCUT2D eigenvalue weighted by atomic mass is 16.7. The van der Waals surface area contributed by atoms with Crippen LogP contribution < -0.4 is 10.4 Å². The zero-order chi connectivity index (χ0) is 18.9. The van der Waals surface area contributed by atoms with E-state index >= 15 is 0 Å². The molecule has 7 nitrogen and oxygen atoms in total. The number of hydrogen-bond donors (Lipinski definition) is 1. The quantitative estimate of drug-likeness (QED) is 0.580. The van der Waals surface area contributed by atoms with E-state index in [4.69, 9.17) is 9.82 Å². The number of H-pyrrole nitrogens is 1. The van der Waals surface area contributed by atoms with Crippen molar-refractivity contribution in [3.63, 3.8) is 0 Å². The van der Waals surface area contributed by atoms with Crippen molar-refractivity contribution in [3.05, 3.63) is 59.0 Å². The van der Waals surface area contributed by atoms with Crippen LogP contribution in [-0.4, -0.2) is 50.8 Å². The molecule has 1 saturated heterocycles. The number of rotatable bonds is 5. The van der Waals surface area contributed by atoms with Gasteiger partial charge in [0.05, 0.1) is 22.7 Å². The van der Waals surface area contributed by atoms with Crippen LogP contribution >= 0.6 is 0 Å². The number of fused-ring (bicyclic) bond motifs is 2. The summed E-state index contributed by atoms with van der Waals surface area (Å²) in [5.74, 6) is 0.734. The summed E-state index contributed by atoms with van der Waals surface area (Å²) in [5.41, 5.74) is 3.92. The molecule has 0 saturated carbocycles. The van der Waals surface area contributed by atoms with E-state index in [-0.39, 0.29) is 5.56 Å². The Bertz CT molecular complexity index is 1190. The minimum Gasteiger partial charge on any atom is -0.410 e. The van der Waals surface area contributed by atoms with Crippen LogP contribution in [0.2, 0.25) is 0 Å². The van der Waals surface area contributed by atoms with E-state index < -0.39 is 0 Å². The molecule has 1 aliphatic heterocycles. The zero-order valence-corrected chi connectivity index (χ0v) is 15.5. The first-order valence-electron chi connectivity index (χ1n) is 9.60. The van der Waals surface area contributed by atoms with E-state index in [0.717, 1.165) is 42.1 Å². The number of imidazole rings is 1. The van der Waals surface area contributed by atoms with E-state index in [9.17, 15) is 4.79 Å². The molecule has 3 heterocycles. The first kappa shape index (κ1) is 16.9. The number of nitrogens with zero attached hydrogens (tertiary/aromatic N) is 4. The minimum absolute atomic E-state index is 0.210. The highest BCUT2D eigenvalue weighted by Gasteiger charge is 2.16. The molecule has 1 N–H and O–H groups in total. The summed E-state index contributed by atoms with van der Waals surface area (Å²) in [6, 6.07) is 13.7. The van der Waals surface area contributed by atoms with Gasteiger partial charge < -0.3 is 9.82 Å². The molecular weight excluding hydrogens is 354 g/mol. The summed E-state index contributed by atoms with van der Waals surface area (Å²) in [6.07, 6.45) is 3.83. The third kappa shape index (κ3) is 3.14. The van der Waals surface area contributed by atoms with Crippen LogP contribution in [0.5, 0.6) is 0 Å². The van der Waals surface area contributed by atoms with Gasteiger partial charge in [-0.05, 0) is 56.3 Å². The predicted octanol–water partition coefficient (Wildman–Crippen LogP) is 2.46. The maximum absolute atomic E-state index is 11.5. The van der Waals surface area contributed by atoms with Crippen molar-refractivity contribution in [3.8, 4) is 11.4 Å². The van der Waals surface area contributed by atoms with E-state index in [1.807, 2.05) is 47.2 Å². The Labute approximate surface area is 161 Å². The standard InChI is InChI=1S/C21H21N5O2/c27-20-14-22-18-13-15(7-8-16(18)23-20)21-24-17-5-1-2-6-19(17)26(21)28-12-11-25-9-3-4-10-25/h1-2,5-8,13-14H,3-4,9-12H2,(H,23,27). The molecule has 142 valence electrons. The Morgan fingerprint density at radius 2 is 1.93 bits per heavy atom. The molecule has 0 spiro atoms. The Morgan fingerprint density at radius 3 is 2.82 bits per heavy atom. The molecule has 1 fully saturated rings. The van der Waals surface area contributed by atoms with Crippen molar-refractivity contribution >= 4 is 22.1 Å². The number of likely N-dealkylation sites (tertiary alicyclic amines) is 1. The van der Waals surface area contributed by atoms with E-state index in [2.05, 4.69) is 14.9 Å². The lowest BCUT2D eigenvalue weighted by Gasteiger charge is -2.16. The normalized spacial score (nSPS) is 14.9. The molecular formula is C21H21N5O2. The highest BCUT2D eigenvalue weighted by Crippen LogP contribution is 2.25. The summed E-state index contributed by atoms with van der Waals surface area (Å²) in [5, 5.41) is 0. The van der Waals surface area contributed by atoms with Gasteiger partial charge in [0.2, 0.25) is 0 Å². The summed E-state index contributed by atoms with van der Waals surface area (Å²) >= 11 is 0. The molecule has 28 heavy (non-hydrogen) atoms. The van der Waals surface area contributed by atoms with E-state index in [1.54, 1.807) is 0 Å². The summed E-state index contributed by atoms with van der Waals surface area (Å²) in [4.78, 5) is 31.9. The number of benzene rings is 2. The van der Waals surface area contributed by atoms with Crippen LogP contribution in [-0.2, 0) is 0 Å². The molecule has 0 atom stereocenters. The number of nitrogens with one attached hydrogen (secondary N) is 1. The molecule has 0 aliphatic carbocycles. The largest absolute Gasteiger partial charge is 0.410 e. The number of para-hydroxylation sites is 2. The van der Waals surface area contributed by atoms with Crippen molar-refractivity contribution in [2.24, 2.45) is 0 Å². The van der Waals surface area contributed by atoms with Crippen LogP contribution in [0.3, 0.4) is 0 Å². The molecule has 5 rings (SSSR count). The Balaban J connectivity index is 1.52. The van der Waals surface area contributed by atoms with Crippen molar-refractivity contribution in [1.82, 2.24) is 24.6 Å². The number of aromatic nitrogens is 4. The Kier molecular flexibility index (Phi) is 4.29. The van der Waals surface area contributed by atoms with Gasteiger partial charge in [0.1, 0.15) is 12.1 Å². The smallest absolute Gasteiger partial charge is 0.266 e. The van der Waals surface area contributed by atoms with E-state index in [1.165, 1.54) is 19.0 Å². The van der Waals surface area contributed by atoms with Gasteiger partial charge in [0.25, 0.3) is 5.56 Å². The van der Waals surface area contributed by atoms with Gasteiger partial charge in [-0.2, -0.15) is 4.73 Å². The fourth-order valence-corrected chi connectivity index (χ4v) is 3.76. The summed E-state index contributed by atoms with van der Waals surface area (Å²) in [7, 11) is 0. The third-order valence-electron chi connectivity index (χ3n) is 5.18. The molecule has 4 aromatic rings. The van der Waals surface area contributed by atoms with E-state index in [0.29, 0.717) is 17.6 Å². The van der Waals surface area contributed by atoms with Crippen molar-refractivity contribution in [2.45, 2.75) is 12.8 Å². The van der Waals surface area contributed by atoms with Gasteiger partial charge in [0.15, 0.2) is 5.82 Å². The minimum atomic E-state index is -0.210. The van der Waals surface area contributed by atoms with Crippen LogP contribution in [0, 0.1) is 0 Å². The van der Waals surface area contributed by atoms with Gasteiger partial charge in [-0.25, -0.2) is 9.97 Å². The maximum atomic E-state index is 11.5. The molecule has 0 amide bonds. The van der Waals surface area contributed by atoms with Gasteiger partial charge in [0, 0.05) is 12.1 Å². The molecule has 0 unspecified atom stereocenters. The fraction of sp³-hybridized carbons (Fsp3) is 0.286. The van der Waals surface area contributed by atoms with Crippen molar-refractivity contribution < 1.29 is 4.84 Å². The molecule has 2 aromatic carbocycles. The van der Waals surface area contributed by atoms with Gasteiger partial charge >= 0.3 is 0 Å². The van der Waals surface area contributed by atoms with Crippen LogP contribution in [0.4, 0.5) is 0 Å². The lowest BCUT2D eigenvalue weighted by atomic mass is 10.2. The average molecular weight is 375 g/mol. The van der Waals surface area contributed by atoms with Gasteiger partial charge in [-0.3, -0.25) is 9.69 Å². The number of aromatic amines is 1. The lowest BCUT2D eigenvalue weighted by molar-refractivity contribution is 0.102. The molecule has 7 heteroatoms.